The van der Waals surface area contributed by atoms with Crippen molar-refractivity contribution in [3.8, 4) is 0 Å². The van der Waals surface area contributed by atoms with Gasteiger partial charge in [-0.05, 0) is 30.7 Å². The molecule has 0 aliphatic rings. The number of nitrogens with one attached hydrogen (secondary N) is 2. The van der Waals surface area contributed by atoms with Crippen molar-refractivity contribution < 1.29 is 4.39 Å². The SMILES string of the molecule is CC(N)Cc1[nH]c2nc(Cl)nc(NCc3ccccn3)c2c1F.Cl.Cl. The van der Waals surface area contributed by atoms with Crippen LogP contribution in [0.3, 0.4) is 0 Å². The molecule has 10 heteroatoms. The highest BCUT2D eigenvalue weighted by atomic mass is 35.5. The van der Waals surface area contributed by atoms with E-state index < -0.39 is 5.82 Å². The van der Waals surface area contributed by atoms with Gasteiger partial charge in [-0.15, -0.1) is 24.8 Å². The molecule has 0 aliphatic heterocycles. The summed E-state index contributed by atoms with van der Waals surface area (Å²) >= 11 is 5.93. The summed E-state index contributed by atoms with van der Waals surface area (Å²) in [5, 5.41) is 3.38. The van der Waals surface area contributed by atoms with Crippen molar-refractivity contribution in [2.24, 2.45) is 5.73 Å². The van der Waals surface area contributed by atoms with Gasteiger partial charge in [0.05, 0.1) is 23.3 Å². The Kier molecular flexibility index (Phi) is 7.82. The van der Waals surface area contributed by atoms with Gasteiger partial charge in [0.25, 0.3) is 0 Å². The standard InChI is InChI=1S/C15H16ClFN6.2ClH/c1-8(18)6-10-12(17)11-13(22-15(16)23-14(11)21-10)20-7-9-4-2-3-5-19-9;;/h2-5,8H,6-7,18H2,1H3,(H2,20,21,22,23);2*1H. The van der Waals surface area contributed by atoms with Crippen LogP contribution in [0.4, 0.5) is 10.2 Å². The maximum Gasteiger partial charge on any atom is 0.226 e. The molecule has 3 heterocycles. The summed E-state index contributed by atoms with van der Waals surface area (Å²) in [6.07, 6.45) is 2.07. The number of fused-ring (bicyclic) bond motifs is 1. The van der Waals surface area contributed by atoms with Gasteiger partial charge in [-0.2, -0.15) is 9.97 Å². The Labute approximate surface area is 161 Å². The van der Waals surface area contributed by atoms with Gasteiger partial charge in [0.15, 0.2) is 5.82 Å². The number of rotatable bonds is 5. The summed E-state index contributed by atoms with van der Waals surface area (Å²) < 4.78 is 14.6. The van der Waals surface area contributed by atoms with E-state index in [4.69, 9.17) is 17.3 Å². The molecule has 0 amide bonds. The van der Waals surface area contributed by atoms with Crippen LogP contribution in [0.2, 0.25) is 5.28 Å². The molecule has 25 heavy (non-hydrogen) atoms. The lowest BCUT2D eigenvalue weighted by molar-refractivity contribution is 0.602. The van der Waals surface area contributed by atoms with Crippen LogP contribution in [0.15, 0.2) is 24.4 Å². The third-order valence-electron chi connectivity index (χ3n) is 3.32. The van der Waals surface area contributed by atoms with Gasteiger partial charge >= 0.3 is 0 Å². The first kappa shape index (κ1) is 21.4. The number of aromatic amines is 1. The fourth-order valence-electron chi connectivity index (χ4n) is 2.35. The van der Waals surface area contributed by atoms with Crippen molar-refractivity contribution in [1.29, 1.82) is 0 Å². The van der Waals surface area contributed by atoms with Crippen molar-refractivity contribution in [3.05, 3.63) is 46.9 Å². The first-order chi connectivity index (χ1) is 11.0. The summed E-state index contributed by atoms with van der Waals surface area (Å²) in [6.45, 7) is 2.21. The quantitative estimate of drug-likeness (QED) is 0.563. The van der Waals surface area contributed by atoms with Crippen LogP contribution in [0.25, 0.3) is 11.0 Å². The number of hydrogen-bond donors (Lipinski definition) is 3. The number of halogens is 4. The molecule has 0 fully saturated rings. The number of anilines is 1. The van der Waals surface area contributed by atoms with Crippen molar-refractivity contribution in [2.45, 2.75) is 25.9 Å². The number of pyridine rings is 1. The largest absolute Gasteiger partial charge is 0.364 e. The highest BCUT2D eigenvalue weighted by molar-refractivity contribution is 6.28. The summed E-state index contributed by atoms with van der Waals surface area (Å²) in [5.41, 5.74) is 7.30. The summed E-state index contributed by atoms with van der Waals surface area (Å²) in [7, 11) is 0. The molecule has 136 valence electrons. The molecule has 0 bridgehead atoms. The number of nitrogens with zero attached hydrogens (tertiary/aromatic N) is 3. The predicted octanol–water partition coefficient (Wildman–Crippen LogP) is 3.49. The van der Waals surface area contributed by atoms with E-state index in [0.717, 1.165) is 5.69 Å². The lowest BCUT2D eigenvalue weighted by atomic mass is 10.2. The first-order valence-corrected chi connectivity index (χ1v) is 7.55. The van der Waals surface area contributed by atoms with Gasteiger partial charge in [-0.1, -0.05) is 6.07 Å². The van der Waals surface area contributed by atoms with E-state index in [9.17, 15) is 4.39 Å². The minimum absolute atomic E-state index is 0. The average Bonchev–Trinajstić information content (AvgIpc) is 2.81. The smallest absolute Gasteiger partial charge is 0.226 e. The Morgan fingerprint density at radius 3 is 2.72 bits per heavy atom. The van der Waals surface area contributed by atoms with Crippen LogP contribution in [0.1, 0.15) is 18.3 Å². The van der Waals surface area contributed by atoms with E-state index >= 15 is 0 Å². The Morgan fingerprint density at radius 2 is 2.08 bits per heavy atom. The monoisotopic (exact) mass is 406 g/mol. The van der Waals surface area contributed by atoms with Crippen molar-refractivity contribution in [1.82, 2.24) is 19.9 Å². The maximum atomic E-state index is 14.6. The topological polar surface area (TPSA) is 92.5 Å². The Bertz CT molecular complexity index is 825. The Hall–Kier alpha value is -1.67. The minimum atomic E-state index is -0.405. The second-order valence-electron chi connectivity index (χ2n) is 5.34. The first-order valence-electron chi connectivity index (χ1n) is 7.17. The van der Waals surface area contributed by atoms with Crippen molar-refractivity contribution in [3.63, 3.8) is 0 Å². The summed E-state index contributed by atoms with van der Waals surface area (Å²) in [6, 6.07) is 5.40. The van der Waals surface area contributed by atoms with Gasteiger partial charge in [0, 0.05) is 18.7 Å². The number of aromatic nitrogens is 4. The third-order valence-corrected chi connectivity index (χ3v) is 3.49. The van der Waals surface area contributed by atoms with Crippen LogP contribution in [-0.4, -0.2) is 26.0 Å². The van der Waals surface area contributed by atoms with E-state index in [-0.39, 0.29) is 41.5 Å². The molecule has 0 spiro atoms. The predicted molar refractivity (Wildman–Crippen MR) is 102 cm³/mol. The number of hydrogen-bond acceptors (Lipinski definition) is 5. The van der Waals surface area contributed by atoms with Crippen LogP contribution < -0.4 is 11.1 Å². The van der Waals surface area contributed by atoms with Crippen molar-refractivity contribution >= 4 is 53.3 Å². The van der Waals surface area contributed by atoms with Gasteiger partial charge in [-0.3, -0.25) is 4.98 Å². The van der Waals surface area contributed by atoms with Gasteiger partial charge < -0.3 is 16.0 Å². The molecule has 0 aliphatic carbocycles. The van der Waals surface area contributed by atoms with Crippen molar-refractivity contribution in [2.75, 3.05) is 5.32 Å². The summed E-state index contributed by atoms with van der Waals surface area (Å²) in [4.78, 5) is 15.3. The molecule has 3 rings (SSSR count). The zero-order valence-corrected chi connectivity index (χ0v) is 15.7. The lowest BCUT2D eigenvalue weighted by Crippen LogP contribution is -2.18. The fraction of sp³-hybridized carbons (Fsp3) is 0.267. The van der Waals surface area contributed by atoms with Crippen LogP contribution in [0, 0.1) is 5.82 Å². The normalized spacial score (nSPS) is 11.5. The average molecular weight is 408 g/mol. The molecule has 3 aromatic heterocycles. The number of H-pyrrole nitrogens is 1. The van der Waals surface area contributed by atoms with E-state index in [1.54, 1.807) is 6.20 Å². The second kappa shape index (κ2) is 9.15. The second-order valence-corrected chi connectivity index (χ2v) is 5.68. The molecule has 0 radical (unpaired) electrons. The van der Waals surface area contributed by atoms with E-state index in [2.05, 4.69) is 25.3 Å². The Balaban J connectivity index is 0.00000156. The molecule has 4 N–H and O–H groups in total. The van der Waals surface area contributed by atoms with Gasteiger partial charge in [-0.25, -0.2) is 4.39 Å². The number of nitrogens with two attached hydrogens (primary N) is 1. The third kappa shape index (κ3) is 4.92. The molecular formula is C15H18Cl3FN6. The Morgan fingerprint density at radius 1 is 1.32 bits per heavy atom. The van der Waals surface area contributed by atoms with Gasteiger partial charge in [0.1, 0.15) is 11.5 Å². The molecule has 3 aromatic rings. The highest BCUT2D eigenvalue weighted by Gasteiger charge is 2.19. The molecule has 0 aromatic carbocycles. The fourth-order valence-corrected chi connectivity index (χ4v) is 2.52. The van der Waals surface area contributed by atoms with E-state index in [0.29, 0.717) is 30.1 Å². The van der Waals surface area contributed by atoms with E-state index in [1.165, 1.54) is 0 Å². The van der Waals surface area contributed by atoms with Gasteiger partial charge in [0.2, 0.25) is 5.28 Å². The van der Waals surface area contributed by atoms with E-state index in [1.807, 2.05) is 25.1 Å². The molecule has 0 saturated heterocycles. The molecule has 6 nitrogen and oxygen atoms in total. The zero-order valence-electron chi connectivity index (χ0n) is 13.3. The molecule has 1 unspecified atom stereocenters. The lowest BCUT2D eigenvalue weighted by Gasteiger charge is -2.06. The maximum absolute atomic E-state index is 14.6. The zero-order chi connectivity index (χ0) is 16.4. The van der Waals surface area contributed by atoms with Crippen LogP contribution >= 0.6 is 36.4 Å². The van der Waals surface area contributed by atoms with Crippen LogP contribution in [-0.2, 0) is 13.0 Å². The molecule has 1 atom stereocenters. The summed E-state index contributed by atoms with van der Waals surface area (Å²) in [5.74, 6) is -0.0761. The molecular weight excluding hydrogens is 390 g/mol. The van der Waals surface area contributed by atoms with Crippen LogP contribution in [0.5, 0.6) is 0 Å². The molecule has 0 saturated carbocycles. The highest BCUT2D eigenvalue weighted by Crippen LogP contribution is 2.28. The minimum Gasteiger partial charge on any atom is -0.364 e.